The molecule has 1 unspecified atom stereocenters. The van der Waals surface area contributed by atoms with Crippen LogP contribution in [-0.4, -0.2) is 36.4 Å². The van der Waals surface area contributed by atoms with Crippen LogP contribution in [0.5, 0.6) is 0 Å². The molecule has 140 valence electrons. The van der Waals surface area contributed by atoms with Crippen LogP contribution in [0.15, 0.2) is 93.9 Å². The lowest BCUT2D eigenvalue weighted by Gasteiger charge is -2.36. The fraction of sp³-hybridized carbons (Fsp3) is 0.130. The van der Waals surface area contributed by atoms with Crippen molar-refractivity contribution in [2.24, 2.45) is 4.99 Å². The van der Waals surface area contributed by atoms with Gasteiger partial charge in [-0.25, -0.2) is 0 Å². The minimum Gasteiger partial charge on any atom is -0.468 e. The molecule has 1 aliphatic heterocycles. The fourth-order valence-corrected chi connectivity index (χ4v) is 3.84. The zero-order chi connectivity index (χ0) is 19.5. The Balaban J connectivity index is 1.93. The van der Waals surface area contributed by atoms with Crippen LogP contribution in [-0.2, 0) is 9.53 Å². The molecule has 4 nitrogen and oxygen atoms in total. The number of rotatable bonds is 4. The van der Waals surface area contributed by atoms with Crippen molar-refractivity contribution in [3.05, 3.63) is 100 Å². The van der Waals surface area contributed by atoms with E-state index in [9.17, 15) is 4.79 Å². The second-order valence-electron chi connectivity index (χ2n) is 6.48. The van der Waals surface area contributed by atoms with E-state index in [0.29, 0.717) is 0 Å². The van der Waals surface area contributed by atoms with E-state index in [1.807, 2.05) is 59.5 Å². The van der Waals surface area contributed by atoms with Crippen LogP contribution in [0, 0.1) is 0 Å². The van der Waals surface area contributed by atoms with Gasteiger partial charge in [0.1, 0.15) is 12.4 Å². The number of allylic oxidation sites excluding steroid dienone is 2. The molecule has 28 heavy (non-hydrogen) atoms. The van der Waals surface area contributed by atoms with Gasteiger partial charge in [0.15, 0.2) is 0 Å². The van der Waals surface area contributed by atoms with E-state index in [4.69, 9.17) is 9.73 Å². The van der Waals surface area contributed by atoms with Gasteiger partial charge < -0.3 is 9.64 Å². The first kappa shape index (κ1) is 18.4. The van der Waals surface area contributed by atoms with Crippen LogP contribution in [0.2, 0.25) is 0 Å². The summed E-state index contributed by atoms with van der Waals surface area (Å²) in [7, 11) is 1.41. The largest absolute Gasteiger partial charge is 0.468 e. The number of hydrogen-bond donors (Lipinski definition) is 0. The van der Waals surface area contributed by atoms with Crippen LogP contribution in [0.4, 0.5) is 0 Å². The van der Waals surface area contributed by atoms with E-state index < -0.39 is 0 Å². The Bertz CT molecular complexity index is 1010. The van der Waals surface area contributed by atoms with E-state index in [-0.39, 0.29) is 18.6 Å². The highest BCUT2D eigenvalue weighted by atomic mass is 79.9. The van der Waals surface area contributed by atoms with Crippen LogP contribution in [0.3, 0.4) is 0 Å². The first-order valence-corrected chi connectivity index (χ1v) is 9.79. The normalized spacial score (nSPS) is 18.4. The maximum Gasteiger partial charge on any atom is 0.325 e. The first-order chi connectivity index (χ1) is 13.7. The van der Waals surface area contributed by atoms with Crippen molar-refractivity contribution in [2.45, 2.75) is 6.04 Å². The molecular formula is C23H19BrN2O2. The molecule has 1 atom stereocenters. The zero-order valence-corrected chi connectivity index (χ0v) is 17.0. The van der Waals surface area contributed by atoms with E-state index in [1.165, 1.54) is 7.11 Å². The summed E-state index contributed by atoms with van der Waals surface area (Å²) in [5.41, 5.74) is 4.00. The predicted octanol–water partition coefficient (Wildman–Crippen LogP) is 4.55. The molecule has 2 aromatic carbocycles. The standard InChI is InChI=1S/C23H19BrN2O2/c1-28-21(27)15-26-22(16-8-4-2-5-9-16)19-14-18(24)12-13-20(19)25-23(26)17-10-6-3-7-11-17/h2-14,20H,15H2,1H3. The summed E-state index contributed by atoms with van der Waals surface area (Å²) in [6.07, 6.45) is 6.15. The van der Waals surface area contributed by atoms with Crippen molar-refractivity contribution < 1.29 is 9.53 Å². The van der Waals surface area contributed by atoms with Crippen molar-refractivity contribution in [3.63, 3.8) is 0 Å². The number of hydrogen-bond acceptors (Lipinski definition) is 4. The van der Waals surface area contributed by atoms with Crippen molar-refractivity contribution in [2.75, 3.05) is 13.7 Å². The second-order valence-corrected chi connectivity index (χ2v) is 7.40. The van der Waals surface area contributed by atoms with Gasteiger partial charge in [-0.3, -0.25) is 9.79 Å². The lowest BCUT2D eigenvalue weighted by Crippen LogP contribution is -2.40. The number of ether oxygens (including phenoxy) is 1. The summed E-state index contributed by atoms with van der Waals surface area (Å²) < 4.78 is 5.96. The minimum atomic E-state index is -0.314. The zero-order valence-electron chi connectivity index (χ0n) is 15.4. The van der Waals surface area contributed by atoms with Crippen LogP contribution in [0.1, 0.15) is 11.1 Å². The highest BCUT2D eigenvalue weighted by Gasteiger charge is 2.32. The lowest BCUT2D eigenvalue weighted by molar-refractivity contribution is -0.140. The Kier molecular flexibility index (Phi) is 5.26. The van der Waals surface area contributed by atoms with Gasteiger partial charge in [0.25, 0.3) is 0 Å². The number of aliphatic imine (C=N–C) groups is 1. The third kappa shape index (κ3) is 3.58. The van der Waals surface area contributed by atoms with Crippen LogP contribution in [0.25, 0.3) is 5.70 Å². The van der Waals surface area contributed by atoms with E-state index in [0.717, 1.165) is 32.7 Å². The Hall–Kier alpha value is -2.92. The van der Waals surface area contributed by atoms with Gasteiger partial charge in [-0.2, -0.15) is 0 Å². The molecule has 1 heterocycles. The number of esters is 1. The number of benzene rings is 2. The molecule has 2 aliphatic rings. The third-order valence-electron chi connectivity index (χ3n) is 4.70. The topological polar surface area (TPSA) is 41.9 Å². The van der Waals surface area contributed by atoms with Crippen molar-refractivity contribution in [3.8, 4) is 0 Å². The second kappa shape index (κ2) is 7.98. The summed E-state index contributed by atoms with van der Waals surface area (Å²) in [4.78, 5) is 19.2. The quantitative estimate of drug-likeness (QED) is 0.662. The number of fused-ring (bicyclic) bond motifs is 1. The average molecular weight is 435 g/mol. The number of methoxy groups -OCH3 is 1. The van der Waals surface area contributed by atoms with Gasteiger partial charge in [-0.05, 0) is 17.7 Å². The van der Waals surface area contributed by atoms with Gasteiger partial charge in [-0.15, -0.1) is 0 Å². The third-order valence-corrected chi connectivity index (χ3v) is 5.20. The molecule has 0 saturated carbocycles. The smallest absolute Gasteiger partial charge is 0.325 e. The Morgan fingerprint density at radius 1 is 1.07 bits per heavy atom. The molecule has 2 aromatic rings. The molecule has 0 saturated heterocycles. The Labute approximate surface area is 172 Å². The summed E-state index contributed by atoms with van der Waals surface area (Å²) in [5, 5.41) is 0. The molecule has 0 bridgehead atoms. The maximum absolute atomic E-state index is 12.3. The van der Waals surface area contributed by atoms with Gasteiger partial charge in [0.2, 0.25) is 0 Å². The molecule has 1 aliphatic carbocycles. The first-order valence-electron chi connectivity index (χ1n) is 9.00. The van der Waals surface area contributed by atoms with Gasteiger partial charge in [-0.1, -0.05) is 82.7 Å². The van der Waals surface area contributed by atoms with Crippen LogP contribution < -0.4 is 0 Å². The minimum absolute atomic E-state index is 0.0832. The Morgan fingerprint density at radius 3 is 2.36 bits per heavy atom. The van der Waals surface area contributed by atoms with Gasteiger partial charge >= 0.3 is 5.97 Å². The molecule has 0 radical (unpaired) electrons. The predicted molar refractivity (Wildman–Crippen MR) is 115 cm³/mol. The highest BCUT2D eigenvalue weighted by Crippen LogP contribution is 2.36. The molecule has 0 N–H and O–H groups in total. The van der Waals surface area contributed by atoms with Crippen LogP contribution >= 0.6 is 15.9 Å². The van der Waals surface area contributed by atoms with Gasteiger partial charge in [0.05, 0.1) is 18.8 Å². The fourth-order valence-electron chi connectivity index (χ4n) is 3.44. The molecule has 0 amide bonds. The number of carbonyl (C=O) groups is 1. The molecule has 5 heteroatoms. The monoisotopic (exact) mass is 434 g/mol. The lowest BCUT2D eigenvalue weighted by atomic mass is 9.93. The maximum atomic E-state index is 12.3. The number of nitrogens with zero attached hydrogens (tertiary/aromatic N) is 2. The molecule has 4 rings (SSSR count). The number of carbonyl (C=O) groups excluding carboxylic acids is 1. The van der Waals surface area contributed by atoms with Crippen molar-refractivity contribution in [1.29, 1.82) is 0 Å². The molecule has 0 aromatic heterocycles. The van der Waals surface area contributed by atoms with E-state index in [1.54, 1.807) is 0 Å². The molecular weight excluding hydrogens is 416 g/mol. The SMILES string of the molecule is COC(=O)CN1C(c2ccccc2)=NC2C=CC(Br)=CC2=C1c1ccccc1. The number of halogens is 1. The van der Waals surface area contributed by atoms with E-state index >= 15 is 0 Å². The summed E-state index contributed by atoms with van der Waals surface area (Å²) in [5.74, 6) is 0.445. The molecule has 0 spiro atoms. The Morgan fingerprint density at radius 2 is 1.71 bits per heavy atom. The van der Waals surface area contributed by atoms with E-state index in [2.05, 4.69) is 40.2 Å². The van der Waals surface area contributed by atoms with Crippen molar-refractivity contribution >= 4 is 33.4 Å². The van der Waals surface area contributed by atoms with Gasteiger partial charge in [0, 0.05) is 15.6 Å². The average Bonchev–Trinajstić information content (AvgIpc) is 2.74. The summed E-state index contributed by atoms with van der Waals surface area (Å²) in [6, 6.07) is 19.9. The summed E-state index contributed by atoms with van der Waals surface area (Å²) in [6.45, 7) is 0.0832. The number of amidine groups is 1. The highest BCUT2D eigenvalue weighted by molar-refractivity contribution is 9.11. The van der Waals surface area contributed by atoms with Crippen molar-refractivity contribution in [1.82, 2.24) is 4.90 Å². The summed E-state index contributed by atoms with van der Waals surface area (Å²) >= 11 is 3.58. The molecule has 0 fully saturated rings.